The van der Waals surface area contributed by atoms with E-state index >= 15 is 0 Å². The number of amides is 1. The fourth-order valence-corrected chi connectivity index (χ4v) is 2.18. The number of nitrogens with zero attached hydrogens (tertiary/aromatic N) is 1. The van der Waals surface area contributed by atoms with Gasteiger partial charge in [0.15, 0.2) is 0 Å². The monoisotopic (exact) mass is 263 g/mol. The topological polar surface area (TPSA) is 67.6 Å². The molecule has 0 aliphatic carbocycles. The zero-order valence-corrected chi connectivity index (χ0v) is 11.5. The van der Waals surface area contributed by atoms with Gasteiger partial charge < -0.3 is 15.8 Å². The minimum atomic E-state index is -0.494. The van der Waals surface area contributed by atoms with Gasteiger partial charge in [0, 0.05) is 32.4 Å². The highest BCUT2D eigenvalue weighted by molar-refractivity contribution is 5.94. The van der Waals surface area contributed by atoms with Crippen LogP contribution in [0.1, 0.15) is 18.1 Å². The van der Waals surface area contributed by atoms with Crippen LogP contribution in [0, 0.1) is 0 Å². The maximum Gasteiger partial charge on any atom is 0.240 e. The molecule has 5 heteroatoms. The Bertz CT molecular complexity index is 460. The molecule has 1 unspecified atom stereocenters. The summed E-state index contributed by atoms with van der Waals surface area (Å²) in [6, 6.07) is 5.53. The van der Waals surface area contributed by atoms with E-state index in [1.54, 1.807) is 14.0 Å². The van der Waals surface area contributed by atoms with Gasteiger partial charge in [0.25, 0.3) is 0 Å². The third-order valence-electron chi connectivity index (χ3n) is 3.29. The summed E-state index contributed by atoms with van der Waals surface area (Å²) in [6.07, 6.45) is 0. The second kappa shape index (κ2) is 6.14. The van der Waals surface area contributed by atoms with Gasteiger partial charge in [0.2, 0.25) is 5.91 Å². The summed E-state index contributed by atoms with van der Waals surface area (Å²) in [6.45, 7) is 5.19. The molecular weight excluding hydrogens is 242 g/mol. The molecule has 0 radical (unpaired) electrons. The molecule has 5 nitrogen and oxygen atoms in total. The Kier molecular flexibility index (Phi) is 4.52. The molecule has 0 aromatic heterocycles. The standard InChI is InChI=1S/C14H21N3O2/c1-10(15)14(18)16-13-4-3-11-8-17(5-6-19-2)9-12(11)7-13/h3-4,7,10H,5-6,8-9,15H2,1-2H3,(H,16,18). The van der Waals surface area contributed by atoms with Crippen LogP contribution in [0.2, 0.25) is 0 Å². The molecular formula is C14H21N3O2. The first-order valence-corrected chi connectivity index (χ1v) is 6.49. The normalized spacial score (nSPS) is 16.2. The van der Waals surface area contributed by atoms with Crippen molar-refractivity contribution in [1.82, 2.24) is 4.90 Å². The van der Waals surface area contributed by atoms with Crippen molar-refractivity contribution in [2.75, 3.05) is 25.6 Å². The summed E-state index contributed by atoms with van der Waals surface area (Å²) < 4.78 is 5.09. The average molecular weight is 263 g/mol. The summed E-state index contributed by atoms with van der Waals surface area (Å²) in [5.41, 5.74) is 8.93. The first-order chi connectivity index (χ1) is 9.10. The number of benzene rings is 1. The molecule has 1 heterocycles. The Labute approximate surface area is 113 Å². The van der Waals surface area contributed by atoms with Gasteiger partial charge in [0.05, 0.1) is 12.6 Å². The Balaban J connectivity index is 2.00. The van der Waals surface area contributed by atoms with Crippen LogP contribution in [0.15, 0.2) is 18.2 Å². The van der Waals surface area contributed by atoms with Gasteiger partial charge in [0.1, 0.15) is 0 Å². The van der Waals surface area contributed by atoms with E-state index in [0.29, 0.717) is 0 Å². The van der Waals surface area contributed by atoms with E-state index in [2.05, 4.69) is 16.3 Å². The van der Waals surface area contributed by atoms with Gasteiger partial charge in [-0.2, -0.15) is 0 Å². The lowest BCUT2D eigenvalue weighted by molar-refractivity contribution is -0.117. The van der Waals surface area contributed by atoms with Crippen molar-refractivity contribution >= 4 is 11.6 Å². The molecule has 0 spiro atoms. The average Bonchev–Trinajstić information content (AvgIpc) is 2.78. The lowest BCUT2D eigenvalue weighted by Gasteiger charge is -2.13. The summed E-state index contributed by atoms with van der Waals surface area (Å²) in [5.74, 6) is -0.158. The molecule has 1 atom stereocenters. The fourth-order valence-electron chi connectivity index (χ4n) is 2.18. The van der Waals surface area contributed by atoms with E-state index in [4.69, 9.17) is 10.5 Å². The van der Waals surface area contributed by atoms with Crippen LogP contribution in [-0.2, 0) is 22.6 Å². The van der Waals surface area contributed by atoms with Gasteiger partial charge >= 0.3 is 0 Å². The van der Waals surface area contributed by atoms with Crippen molar-refractivity contribution in [1.29, 1.82) is 0 Å². The largest absolute Gasteiger partial charge is 0.383 e. The lowest BCUT2D eigenvalue weighted by Crippen LogP contribution is -2.32. The number of methoxy groups -OCH3 is 1. The number of nitrogens with two attached hydrogens (primary N) is 1. The summed E-state index contributed by atoms with van der Waals surface area (Å²) >= 11 is 0. The summed E-state index contributed by atoms with van der Waals surface area (Å²) in [7, 11) is 1.71. The van der Waals surface area contributed by atoms with Crippen molar-refractivity contribution < 1.29 is 9.53 Å². The first-order valence-electron chi connectivity index (χ1n) is 6.49. The van der Waals surface area contributed by atoms with E-state index in [-0.39, 0.29) is 5.91 Å². The Morgan fingerprint density at radius 2 is 2.21 bits per heavy atom. The van der Waals surface area contributed by atoms with E-state index in [1.807, 2.05) is 12.1 Å². The number of fused-ring (bicyclic) bond motifs is 1. The Morgan fingerprint density at radius 1 is 1.47 bits per heavy atom. The number of carbonyl (C=O) groups excluding carboxylic acids is 1. The number of anilines is 1. The predicted octanol–water partition coefficient (Wildman–Crippen LogP) is 0.934. The highest BCUT2D eigenvalue weighted by atomic mass is 16.5. The van der Waals surface area contributed by atoms with Gasteiger partial charge in [-0.05, 0) is 30.2 Å². The van der Waals surface area contributed by atoms with Gasteiger partial charge in [-0.15, -0.1) is 0 Å². The molecule has 3 N–H and O–H groups in total. The molecule has 1 aromatic rings. The number of ether oxygens (including phenoxy) is 1. The second-order valence-electron chi connectivity index (χ2n) is 4.96. The number of rotatable bonds is 5. The minimum Gasteiger partial charge on any atom is -0.383 e. The third kappa shape index (κ3) is 3.53. The number of hydrogen-bond acceptors (Lipinski definition) is 4. The number of hydrogen-bond donors (Lipinski definition) is 2. The van der Waals surface area contributed by atoms with Crippen LogP contribution in [0.3, 0.4) is 0 Å². The van der Waals surface area contributed by atoms with E-state index in [1.165, 1.54) is 11.1 Å². The molecule has 1 aliphatic rings. The predicted molar refractivity (Wildman–Crippen MR) is 74.7 cm³/mol. The second-order valence-corrected chi connectivity index (χ2v) is 4.96. The molecule has 0 fully saturated rings. The highest BCUT2D eigenvalue weighted by Crippen LogP contribution is 2.25. The summed E-state index contributed by atoms with van der Waals surface area (Å²) in [4.78, 5) is 13.9. The zero-order chi connectivity index (χ0) is 13.8. The van der Waals surface area contributed by atoms with Crippen molar-refractivity contribution in [3.8, 4) is 0 Å². The van der Waals surface area contributed by atoms with Crippen LogP contribution in [0.5, 0.6) is 0 Å². The molecule has 2 rings (SSSR count). The van der Waals surface area contributed by atoms with Crippen molar-refractivity contribution in [2.45, 2.75) is 26.1 Å². The van der Waals surface area contributed by atoms with E-state index in [9.17, 15) is 4.79 Å². The Morgan fingerprint density at radius 3 is 2.89 bits per heavy atom. The molecule has 104 valence electrons. The van der Waals surface area contributed by atoms with Crippen molar-refractivity contribution in [2.24, 2.45) is 5.73 Å². The Hall–Kier alpha value is -1.43. The number of carbonyl (C=O) groups is 1. The first kappa shape index (κ1) is 14.0. The lowest BCUT2D eigenvalue weighted by atomic mass is 10.1. The maximum absolute atomic E-state index is 11.6. The SMILES string of the molecule is COCCN1Cc2ccc(NC(=O)C(C)N)cc2C1. The molecule has 0 bridgehead atoms. The van der Waals surface area contributed by atoms with Crippen LogP contribution in [0.4, 0.5) is 5.69 Å². The smallest absolute Gasteiger partial charge is 0.240 e. The highest BCUT2D eigenvalue weighted by Gasteiger charge is 2.19. The van der Waals surface area contributed by atoms with Gasteiger partial charge in [-0.25, -0.2) is 0 Å². The molecule has 1 amide bonds. The van der Waals surface area contributed by atoms with E-state index < -0.39 is 6.04 Å². The summed E-state index contributed by atoms with van der Waals surface area (Å²) in [5, 5.41) is 2.82. The van der Waals surface area contributed by atoms with Crippen LogP contribution < -0.4 is 11.1 Å². The number of nitrogens with one attached hydrogen (secondary N) is 1. The third-order valence-corrected chi connectivity index (χ3v) is 3.29. The molecule has 19 heavy (non-hydrogen) atoms. The van der Waals surface area contributed by atoms with Crippen LogP contribution >= 0.6 is 0 Å². The van der Waals surface area contributed by atoms with Gasteiger partial charge in [-0.3, -0.25) is 9.69 Å². The van der Waals surface area contributed by atoms with Crippen molar-refractivity contribution in [3.63, 3.8) is 0 Å². The van der Waals surface area contributed by atoms with Crippen LogP contribution in [-0.4, -0.2) is 37.1 Å². The molecule has 1 aliphatic heterocycles. The molecule has 0 saturated carbocycles. The van der Waals surface area contributed by atoms with Gasteiger partial charge in [-0.1, -0.05) is 6.07 Å². The van der Waals surface area contributed by atoms with Crippen molar-refractivity contribution in [3.05, 3.63) is 29.3 Å². The minimum absolute atomic E-state index is 0.158. The maximum atomic E-state index is 11.6. The quantitative estimate of drug-likeness (QED) is 0.829. The molecule has 1 aromatic carbocycles. The fraction of sp³-hybridized carbons (Fsp3) is 0.500. The molecule has 0 saturated heterocycles. The zero-order valence-electron chi connectivity index (χ0n) is 11.5. The van der Waals surface area contributed by atoms with Crippen LogP contribution in [0.25, 0.3) is 0 Å². The van der Waals surface area contributed by atoms with E-state index in [0.717, 1.165) is 31.9 Å².